The topological polar surface area (TPSA) is 85.6 Å². The van der Waals surface area contributed by atoms with E-state index >= 15 is 0 Å². The van der Waals surface area contributed by atoms with Crippen LogP contribution in [-0.2, 0) is 4.79 Å². The molecule has 0 atom stereocenters. The van der Waals surface area contributed by atoms with Gasteiger partial charge in [-0.05, 0) is 49.4 Å². The highest BCUT2D eigenvalue weighted by Gasteiger charge is 2.14. The summed E-state index contributed by atoms with van der Waals surface area (Å²) >= 11 is 3.41. The number of amides is 1. The van der Waals surface area contributed by atoms with Gasteiger partial charge in [0.1, 0.15) is 11.6 Å². The number of ether oxygens (including phenoxy) is 1. The van der Waals surface area contributed by atoms with Crippen LogP contribution in [0.2, 0.25) is 0 Å². The fourth-order valence-corrected chi connectivity index (χ4v) is 3.83. The lowest BCUT2D eigenvalue weighted by molar-refractivity contribution is -0.118. The van der Waals surface area contributed by atoms with Gasteiger partial charge >= 0.3 is 0 Å². The molecular weight excluding hydrogens is 508 g/mol. The molecule has 1 amide bonds. The lowest BCUT2D eigenvalue weighted by atomic mass is 10.2. The van der Waals surface area contributed by atoms with E-state index in [0.717, 1.165) is 10.0 Å². The van der Waals surface area contributed by atoms with Crippen LogP contribution in [0.3, 0.4) is 0 Å². The molecule has 0 unspecified atom stereocenters. The quantitative estimate of drug-likeness (QED) is 0.319. The van der Waals surface area contributed by atoms with Crippen molar-refractivity contribution in [1.82, 2.24) is 9.66 Å². The van der Waals surface area contributed by atoms with E-state index < -0.39 is 0 Å². The minimum atomic E-state index is -0.275. The second-order valence-electron chi connectivity index (χ2n) is 8.39. The summed E-state index contributed by atoms with van der Waals surface area (Å²) in [6, 6.07) is 20.1. The molecule has 3 aromatic carbocycles. The average Bonchev–Trinajstić information content (AvgIpc) is 2.84. The van der Waals surface area contributed by atoms with Crippen molar-refractivity contribution in [3.63, 3.8) is 0 Å². The fourth-order valence-electron chi connectivity index (χ4n) is 3.47. The highest BCUT2D eigenvalue weighted by molar-refractivity contribution is 9.10. The van der Waals surface area contributed by atoms with Crippen molar-refractivity contribution in [3.05, 3.63) is 98.5 Å². The van der Waals surface area contributed by atoms with Crippen molar-refractivity contribution in [2.24, 2.45) is 5.10 Å². The number of carbonyl (C=O) groups is 1. The van der Waals surface area contributed by atoms with Gasteiger partial charge in [-0.2, -0.15) is 9.78 Å². The van der Waals surface area contributed by atoms with Crippen LogP contribution in [0.15, 0.2) is 81.1 Å². The van der Waals surface area contributed by atoms with E-state index in [-0.39, 0.29) is 24.0 Å². The summed E-state index contributed by atoms with van der Waals surface area (Å²) in [4.78, 5) is 30.2. The molecule has 4 rings (SSSR count). The van der Waals surface area contributed by atoms with Crippen molar-refractivity contribution in [2.75, 3.05) is 11.9 Å². The lowest BCUT2D eigenvalue weighted by Crippen LogP contribution is -2.23. The van der Waals surface area contributed by atoms with E-state index in [1.165, 1.54) is 4.68 Å². The van der Waals surface area contributed by atoms with Gasteiger partial charge in [0.15, 0.2) is 6.61 Å². The Kier molecular flexibility index (Phi) is 7.41. The van der Waals surface area contributed by atoms with Gasteiger partial charge in [0.05, 0.1) is 17.1 Å². The Morgan fingerprint density at radius 3 is 2.63 bits per heavy atom. The van der Waals surface area contributed by atoms with Gasteiger partial charge in [-0.3, -0.25) is 9.59 Å². The van der Waals surface area contributed by atoms with Gasteiger partial charge in [0.25, 0.3) is 11.5 Å². The molecule has 0 aliphatic rings. The number of para-hydroxylation sites is 1. The van der Waals surface area contributed by atoms with Crippen LogP contribution in [0.5, 0.6) is 5.75 Å². The summed E-state index contributed by atoms with van der Waals surface area (Å²) in [5.74, 6) is 0.732. The van der Waals surface area contributed by atoms with Crippen LogP contribution in [0, 0.1) is 6.92 Å². The van der Waals surface area contributed by atoms with Crippen molar-refractivity contribution in [2.45, 2.75) is 26.7 Å². The average molecular weight is 533 g/mol. The summed E-state index contributed by atoms with van der Waals surface area (Å²) < 4.78 is 7.88. The highest BCUT2D eigenvalue weighted by Crippen LogP contribution is 2.20. The molecular formula is C27H25BrN4O3. The van der Waals surface area contributed by atoms with Crippen molar-refractivity contribution in [1.29, 1.82) is 0 Å². The van der Waals surface area contributed by atoms with Crippen LogP contribution < -0.4 is 15.6 Å². The number of benzene rings is 3. The molecule has 7 nitrogen and oxygen atoms in total. The summed E-state index contributed by atoms with van der Waals surface area (Å²) in [6.45, 7) is 5.74. The number of rotatable bonds is 7. The van der Waals surface area contributed by atoms with Crippen LogP contribution in [0.1, 0.15) is 36.7 Å². The summed E-state index contributed by atoms with van der Waals surface area (Å²) in [6.07, 6.45) is 1.55. The predicted octanol–water partition coefficient (Wildman–Crippen LogP) is 5.49. The number of nitrogens with one attached hydrogen (secondary N) is 1. The van der Waals surface area contributed by atoms with Gasteiger partial charge < -0.3 is 10.1 Å². The number of aromatic nitrogens is 2. The van der Waals surface area contributed by atoms with E-state index in [1.807, 2.05) is 75.4 Å². The zero-order valence-electron chi connectivity index (χ0n) is 19.7. The number of aryl methyl sites for hydroxylation is 1. The molecule has 35 heavy (non-hydrogen) atoms. The van der Waals surface area contributed by atoms with E-state index in [4.69, 9.17) is 4.74 Å². The minimum absolute atomic E-state index is 0.0233. The summed E-state index contributed by atoms with van der Waals surface area (Å²) in [5.41, 5.74) is 2.81. The van der Waals surface area contributed by atoms with Crippen molar-refractivity contribution < 1.29 is 9.53 Å². The number of hydrogen-bond donors (Lipinski definition) is 1. The van der Waals surface area contributed by atoms with Crippen LogP contribution in [0.4, 0.5) is 5.69 Å². The summed E-state index contributed by atoms with van der Waals surface area (Å²) in [7, 11) is 0. The molecule has 0 saturated carbocycles. The fraction of sp³-hybridized carbons (Fsp3) is 0.185. The van der Waals surface area contributed by atoms with E-state index in [0.29, 0.717) is 33.7 Å². The smallest absolute Gasteiger partial charge is 0.282 e. The molecule has 0 radical (unpaired) electrons. The lowest BCUT2D eigenvalue weighted by Gasteiger charge is -2.12. The third-order valence-electron chi connectivity index (χ3n) is 5.28. The SMILES string of the molecule is Cc1ccc(NC(=O)COc2ccccc2C=Nn2c(C(C)C)nc3ccc(Br)cc3c2=O)cc1. The Morgan fingerprint density at radius 1 is 1.14 bits per heavy atom. The third kappa shape index (κ3) is 5.84. The molecule has 1 N–H and O–H groups in total. The maximum Gasteiger partial charge on any atom is 0.282 e. The number of nitrogens with zero attached hydrogens (tertiary/aromatic N) is 3. The van der Waals surface area contributed by atoms with Crippen LogP contribution in [-0.4, -0.2) is 28.4 Å². The van der Waals surface area contributed by atoms with E-state index in [2.05, 4.69) is 31.3 Å². The normalized spacial score (nSPS) is 11.3. The second kappa shape index (κ2) is 10.7. The zero-order chi connectivity index (χ0) is 24.9. The monoisotopic (exact) mass is 532 g/mol. The Bertz CT molecular complexity index is 1460. The van der Waals surface area contributed by atoms with Crippen LogP contribution >= 0.6 is 15.9 Å². The molecule has 0 fully saturated rings. The number of fused-ring (bicyclic) bond motifs is 1. The Labute approximate surface area is 211 Å². The first-order valence-corrected chi connectivity index (χ1v) is 12.0. The van der Waals surface area contributed by atoms with Crippen molar-refractivity contribution >= 4 is 44.6 Å². The number of anilines is 1. The first-order chi connectivity index (χ1) is 16.8. The number of carbonyl (C=O) groups excluding carboxylic acids is 1. The molecule has 0 bridgehead atoms. The third-order valence-corrected chi connectivity index (χ3v) is 5.77. The molecule has 1 heterocycles. The highest BCUT2D eigenvalue weighted by atomic mass is 79.9. The van der Waals surface area contributed by atoms with Gasteiger partial charge in [-0.25, -0.2) is 4.98 Å². The van der Waals surface area contributed by atoms with Gasteiger partial charge in [0.2, 0.25) is 0 Å². The van der Waals surface area contributed by atoms with Gasteiger partial charge in [-0.15, -0.1) is 0 Å². The molecule has 4 aromatic rings. The van der Waals surface area contributed by atoms with E-state index in [1.54, 1.807) is 18.3 Å². The first-order valence-electron chi connectivity index (χ1n) is 11.2. The molecule has 0 spiro atoms. The maximum atomic E-state index is 13.2. The molecule has 178 valence electrons. The molecule has 8 heteroatoms. The number of halogens is 1. The second-order valence-corrected chi connectivity index (χ2v) is 9.30. The Balaban J connectivity index is 1.58. The zero-order valence-corrected chi connectivity index (χ0v) is 21.2. The molecule has 0 aliphatic heterocycles. The van der Waals surface area contributed by atoms with Gasteiger partial charge in [-0.1, -0.05) is 59.6 Å². The predicted molar refractivity (Wildman–Crippen MR) is 143 cm³/mol. The standard InChI is InChI=1S/C27H25BrN4O3/c1-17(2)26-31-23-13-10-20(28)14-22(23)27(34)32(26)29-15-19-6-4-5-7-24(19)35-16-25(33)30-21-11-8-18(3)9-12-21/h4-15,17H,16H2,1-3H3,(H,30,33). The molecule has 0 aliphatic carbocycles. The minimum Gasteiger partial charge on any atom is -0.483 e. The Hall–Kier alpha value is -3.78. The largest absolute Gasteiger partial charge is 0.483 e. The Morgan fingerprint density at radius 2 is 1.89 bits per heavy atom. The summed E-state index contributed by atoms with van der Waals surface area (Å²) in [5, 5.41) is 7.74. The number of hydrogen-bond acceptors (Lipinski definition) is 5. The van der Waals surface area contributed by atoms with E-state index in [9.17, 15) is 9.59 Å². The van der Waals surface area contributed by atoms with Gasteiger partial charge in [0, 0.05) is 21.6 Å². The maximum absolute atomic E-state index is 13.2. The first kappa shape index (κ1) is 24.3. The molecule has 0 saturated heterocycles. The molecule has 1 aromatic heterocycles. The van der Waals surface area contributed by atoms with Crippen molar-refractivity contribution in [3.8, 4) is 5.75 Å². The van der Waals surface area contributed by atoms with Crippen LogP contribution in [0.25, 0.3) is 10.9 Å².